The summed E-state index contributed by atoms with van der Waals surface area (Å²) in [6.45, 7) is 0.850. The maximum absolute atomic E-state index is 12.9. The number of phenols is 1. The van der Waals surface area contributed by atoms with Crippen molar-refractivity contribution in [3.05, 3.63) is 46.8 Å². The second-order valence-corrected chi connectivity index (χ2v) is 5.29. The Hall–Kier alpha value is -1.72. The van der Waals surface area contributed by atoms with E-state index in [1.54, 1.807) is 17.8 Å². The molecule has 2 heterocycles. The lowest BCUT2D eigenvalue weighted by Crippen LogP contribution is -2.04. The van der Waals surface area contributed by atoms with E-state index in [-0.39, 0.29) is 5.75 Å². The van der Waals surface area contributed by atoms with E-state index < -0.39 is 5.82 Å². The smallest absolute Gasteiger partial charge is 0.138 e. The van der Waals surface area contributed by atoms with Gasteiger partial charge in [0.2, 0.25) is 0 Å². The van der Waals surface area contributed by atoms with Crippen LogP contribution in [0.15, 0.2) is 39.7 Å². The molecule has 0 bridgehead atoms. The molecule has 98 valence electrons. The zero-order chi connectivity index (χ0) is 13.2. The molecule has 5 heteroatoms. The molecule has 1 saturated heterocycles. The Morgan fingerprint density at radius 3 is 2.95 bits per heavy atom. The van der Waals surface area contributed by atoms with Crippen molar-refractivity contribution in [3.8, 4) is 17.1 Å². The van der Waals surface area contributed by atoms with Crippen LogP contribution in [-0.4, -0.2) is 17.5 Å². The first-order valence-electron chi connectivity index (χ1n) is 5.85. The molecule has 2 aromatic rings. The average molecular weight is 277 g/mol. The van der Waals surface area contributed by atoms with Gasteiger partial charge in [-0.1, -0.05) is 0 Å². The van der Waals surface area contributed by atoms with Crippen LogP contribution in [0.2, 0.25) is 0 Å². The van der Waals surface area contributed by atoms with Crippen molar-refractivity contribution in [2.24, 2.45) is 0 Å². The lowest BCUT2D eigenvalue weighted by molar-refractivity contribution is 0.467. The Morgan fingerprint density at radius 2 is 2.21 bits per heavy atom. The summed E-state index contributed by atoms with van der Waals surface area (Å²) in [6.07, 6.45) is 1.97. The molecule has 1 aromatic heterocycles. The van der Waals surface area contributed by atoms with Crippen LogP contribution in [0.25, 0.3) is 17.4 Å². The van der Waals surface area contributed by atoms with Gasteiger partial charge in [0, 0.05) is 23.4 Å². The number of hydrogen-bond acceptors (Lipinski definition) is 4. The van der Waals surface area contributed by atoms with E-state index in [2.05, 4.69) is 5.32 Å². The third-order valence-electron chi connectivity index (χ3n) is 2.81. The topological polar surface area (TPSA) is 45.4 Å². The number of phenolic OH excluding ortho intramolecular Hbond substituents is 1. The summed E-state index contributed by atoms with van der Waals surface area (Å²) < 4.78 is 18.6. The molecular formula is C14H12FNO2S. The molecule has 2 N–H and O–H groups in total. The summed E-state index contributed by atoms with van der Waals surface area (Å²) in [7, 11) is 0. The van der Waals surface area contributed by atoms with Crippen molar-refractivity contribution in [1.82, 2.24) is 5.32 Å². The maximum atomic E-state index is 12.9. The van der Waals surface area contributed by atoms with E-state index in [0.717, 1.165) is 24.2 Å². The Kier molecular flexibility index (Phi) is 3.31. The number of furan rings is 1. The standard InChI is InChI=1S/C14H12FNO2S/c15-9-1-3-12(13(17)5-9)14-4-2-10(18-14)6-11-7-16-8-19-11/h1-6,16-17H,7-8H2. The highest BCUT2D eigenvalue weighted by atomic mass is 32.2. The van der Waals surface area contributed by atoms with Crippen LogP contribution < -0.4 is 5.32 Å². The van der Waals surface area contributed by atoms with Crippen LogP contribution >= 0.6 is 11.8 Å². The second-order valence-electron chi connectivity index (χ2n) is 4.19. The van der Waals surface area contributed by atoms with Gasteiger partial charge in [0.25, 0.3) is 0 Å². The Balaban J connectivity index is 1.90. The molecule has 1 aliphatic heterocycles. The van der Waals surface area contributed by atoms with Crippen LogP contribution in [0.4, 0.5) is 4.39 Å². The van der Waals surface area contributed by atoms with Crippen molar-refractivity contribution >= 4 is 17.8 Å². The number of thioether (sulfide) groups is 1. The molecule has 0 radical (unpaired) electrons. The first-order valence-corrected chi connectivity index (χ1v) is 6.84. The highest BCUT2D eigenvalue weighted by Crippen LogP contribution is 2.32. The number of aromatic hydroxyl groups is 1. The zero-order valence-corrected chi connectivity index (χ0v) is 10.8. The molecule has 1 aromatic carbocycles. The molecule has 0 saturated carbocycles. The minimum Gasteiger partial charge on any atom is -0.507 e. The highest BCUT2D eigenvalue weighted by molar-refractivity contribution is 8.03. The molecule has 0 spiro atoms. The maximum Gasteiger partial charge on any atom is 0.138 e. The minimum absolute atomic E-state index is 0.120. The predicted octanol–water partition coefficient (Wildman–Crippen LogP) is 3.43. The Bertz CT molecular complexity index is 628. The molecule has 3 rings (SSSR count). The molecule has 1 fully saturated rings. The average Bonchev–Trinajstić information content (AvgIpc) is 3.01. The van der Waals surface area contributed by atoms with Gasteiger partial charge < -0.3 is 14.8 Å². The van der Waals surface area contributed by atoms with E-state index in [1.807, 2.05) is 12.1 Å². The van der Waals surface area contributed by atoms with Crippen LogP contribution in [-0.2, 0) is 0 Å². The molecule has 19 heavy (non-hydrogen) atoms. The number of halogens is 1. The number of rotatable bonds is 2. The zero-order valence-electron chi connectivity index (χ0n) is 10.0. The summed E-state index contributed by atoms with van der Waals surface area (Å²) in [5.74, 6) is 1.58. The normalized spacial score (nSPS) is 17.2. The van der Waals surface area contributed by atoms with Crippen molar-refractivity contribution in [2.75, 3.05) is 12.4 Å². The summed E-state index contributed by atoms with van der Waals surface area (Å²) in [6, 6.07) is 7.49. The molecule has 0 amide bonds. The van der Waals surface area contributed by atoms with E-state index in [1.165, 1.54) is 17.0 Å². The Labute approximate surface area is 114 Å². The first kappa shape index (κ1) is 12.3. The van der Waals surface area contributed by atoms with Gasteiger partial charge in [-0.3, -0.25) is 0 Å². The van der Waals surface area contributed by atoms with Gasteiger partial charge in [0.05, 0.1) is 5.56 Å². The SMILES string of the molecule is Oc1cc(F)ccc1-c1ccc(C=C2CNCS2)o1. The molecule has 0 atom stereocenters. The predicted molar refractivity (Wildman–Crippen MR) is 74.2 cm³/mol. The van der Waals surface area contributed by atoms with E-state index in [0.29, 0.717) is 11.3 Å². The van der Waals surface area contributed by atoms with Gasteiger partial charge in [0.15, 0.2) is 0 Å². The fraction of sp³-hybridized carbons (Fsp3) is 0.143. The van der Waals surface area contributed by atoms with Gasteiger partial charge in [-0.05, 0) is 30.3 Å². The van der Waals surface area contributed by atoms with E-state index >= 15 is 0 Å². The third-order valence-corrected chi connectivity index (χ3v) is 3.80. The molecule has 0 aliphatic carbocycles. The van der Waals surface area contributed by atoms with Gasteiger partial charge in [0.1, 0.15) is 23.1 Å². The van der Waals surface area contributed by atoms with Crippen LogP contribution in [0.5, 0.6) is 5.75 Å². The van der Waals surface area contributed by atoms with Crippen LogP contribution in [0, 0.1) is 5.82 Å². The van der Waals surface area contributed by atoms with Crippen molar-refractivity contribution in [2.45, 2.75) is 0 Å². The number of benzene rings is 1. The van der Waals surface area contributed by atoms with Crippen LogP contribution in [0.3, 0.4) is 0 Å². The molecule has 3 nitrogen and oxygen atoms in total. The van der Waals surface area contributed by atoms with Crippen molar-refractivity contribution < 1.29 is 13.9 Å². The van der Waals surface area contributed by atoms with Gasteiger partial charge in [-0.25, -0.2) is 4.39 Å². The number of nitrogens with one attached hydrogen (secondary N) is 1. The monoisotopic (exact) mass is 277 g/mol. The van der Waals surface area contributed by atoms with Crippen LogP contribution in [0.1, 0.15) is 5.76 Å². The summed E-state index contributed by atoms with van der Waals surface area (Å²) in [5, 5.41) is 12.9. The molecule has 0 unspecified atom stereocenters. The first-order chi connectivity index (χ1) is 9.22. The largest absolute Gasteiger partial charge is 0.507 e. The van der Waals surface area contributed by atoms with Crippen molar-refractivity contribution in [1.29, 1.82) is 0 Å². The Morgan fingerprint density at radius 1 is 1.32 bits per heavy atom. The second kappa shape index (κ2) is 5.11. The fourth-order valence-corrected chi connectivity index (χ4v) is 2.70. The van der Waals surface area contributed by atoms with E-state index in [9.17, 15) is 9.50 Å². The van der Waals surface area contributed by atoms with E-state index in [4.69, 9.17) is 4.42 Å². The lowest BCUT2D eigenvalue weighted by atomic mass is 10.1. The highest BCUT2D eigenvalue weighted by Gasteiger charge is 2.11. The summed E-state index contributed by atoms with van der Waals surface area (Å²) in [4.78, 5) is 1.21. The number of hydrogen-bond donors (Lipinski definition) is 2. The van der Waals surface area contributed by atoms with Gasteiger partial charge >= 0.3 is 0 Å². The quantitative estimate of drug-likeness (QED) is 0.883. The molecule has 1 aliphatic rings. The lowest BCUT2D eigenvalue weighted by Gasteiger charge is -2.00. The summed E-state index contributed by atoms with van der Waals surface area (Å²) in [5.41, 5.74) is 0.489. The molecular weight excluding hydrogens is 265 g/mol. The van der Waals surface area contributed by atoms with Crippen molar-refractivity contribution in [3.63, 3.8) is 0 Å². The van der Waals surface area contributed by atoms with Gasteiger partial charge in [-0.15, -0.1) is 11.8 Å². The summed E-state index contributed by atoms with van der Waals surface area (Å²) >= 11 is 1.74. The van der Waals surface area contributed by atoms with Gasteiger partial charge in [-0.2, -0.15) is 0 Å². The minimum atomic E-state index is -0.469. The third kappa shape index (κ3) is 2.67. The fourth-order valence-electron chi connectivity index (χ4n) is 1.91.